The Bertz CT molecular complexity index is 956. The summed E-state index contributed by atoms with van der Waals surface area (Å²) in [5.74, 6) is -0.0805. The van der Waals surface area contributed by atoms with Gasteiger partial charge in [0.1, 0.15) is 11.2 Å². The SMILES string of the molecule is Cc1cc(C(=O)NC2CCN(c3nc4cc(Cl)ccc4o3)CC2)n(C)n1. The molecule has 0 spiro atoms. The molecule has 0 unspecified atom stereocenters. The van der Waals surface area contributed by atoms with Gasteiger partial charge in [0.15, 0.2) is 5.58 Å². The Kier molecular flexibility index (Phi) is 4.32. The molecule has 26 heavy (non-hydrogen) atoms. The maximum atomic E-state index is 12.4. The fourth-order valence-corrected chi connectivity index (χ4v) is 3.49. The number of piperidine rings is 1. The molecular weight excluding hydrogens is 354 g/mol. The van der Waals surface area contributed by atoms with Crippen LogP contribution in [-0.4, -0.2) is 39.8 Å². The Labute approximate surface area is 155 Å². The molecule has 0 saturated carbocycles. The van der Waals surface area contributed by atoms with Gasteiger partial charge in [-0.15, -0.1) is 0 Å². The number of nitrogens with zero attached hydrogens (tertiary/aromatic N) is 4. The Balaban J connectivity index is 1.39. The zero-order valence-electron chi connectivity index (χ0n) is 14.7. The van der Waals surface area contributed by atoms with Gasteiger partial charge in [0, 0.05) is 31.2 Å². The second-order valence-electron chi connectivity index (χ2n) is 6.64. The summed E-state index contributed by atoms with van der Waals surface area (Å²) in [5.41, 5.74) is 2.91. The number of nitrogens with one attached hydrogen (secondary N) is 1. The van der Waals surface area contributed by atoms with Gasteiger partial charge in [0.05, 0.1) is 5.69 Å². The van der Waals surface area contributed by atoms with Crippen LogP contribution in [0.2, 0.25) is 5.02 Å². The summed E-state index contributed by atoms with van der Waals surface area (Å²) in [6, 6.07) is 7.96. The van der Waals surface area contributed by atoms with Crippen LogP contribution in [0.3, 0.4) is 0 Å². The van der Waals surface area contributed by atoms with E-state index in [9.17, 15) is 4.79 Å². The Morgan fingerprint density at radius 3 is 2.77 bits per heavy atom. The number of fused-ring (bicyclic) bond motifs is 1. The number of carbonyl (C=O) groups is 1. The molecule has 8 heteroatoms. The second-order valence-corrected chi connectivity index (χ2v) is 7.07. The number of halogens is 1. The molecule has 0 atom stereocenters. The minimum Gasteiger partial charge on any atom is -0.423 e. The van der Waals surface area contributed by atoms with Gasteiger partial charge in [-0.3, -0.25) is 9.48 Å². The Morgan fingerprint density at radius 2 is 2.08 bits per heavy atom. The van der Waals surface area contributed by atoms with Crippen molar-refractivity contribution in [3.8, 4) is 0 Å². The van der Waals surface area contributed by atoms with Crippen molar-refractivity contribution in [3.63, 3.8) is 0 Å². The number of carbonyl (C=O) groups excluding carboxylic acids is 1. The van der Waals surface area contributed by atoms with Gasteiger partial charge < -0.3 is 14.6 Å². The molecule has 1 aliphatic heterocycles. The number of rotatable bonds is 3. The van der Waals surface area contributed by atoms with Crippen LogP contribution in [0.5, 0.6) is 0 Å². The van der Waals surface area contributed by atoms with Crippen LogP contribution >= 0.6 is 11.6 Å². The lowest BCUT2D eigenvalue weighted by molar-refractivity contribution is 0.0921. The summed E-state index contributed by atoms with van der Waals surface area (Å²) in [5, 5.41) is 7.96. The first-order chi connectivity index (χ1) is 12.5. The van der Waals surface area contributed by atoms with E-state index in [1.54, 1.807) is 29.9 Å². The van der Waals surface area contributed by atoms with E-state index in [2.05, 4.69) is 20.3 Å². The molecule has 4 rings (SSSR count). The molecule has 1 aliphatic rings. The number of hydrogen-bond donors (Lipinski definition) is 1. The first-order valence-electron chi connectivity index (χ1n) is 8.62. The van der Waals surface area contributed by atoms with Crippen molar-refractivity contribution in [2.75, 3.05) is 18.0 Å². The normalized spacial score (nSPS) is 15.6. The van der Waals surface area contributed by atoms with Crippen molar-refractivity contribution in [2.24, 2.45) is 7.05 Å². The molecule has 3 aromatic rings. The Hall–Kier alpha value is -2.54. The average molecular weight is 374 g/mol. The van der Waals surface area contributed by atoms with E-state index in [4.69, 9.17) is 16.0 Å². The highest BCUT2D eigenvalue weighted by Gasteiger charge is 2.25. The van der Waals surface area contributed by atoms with Crippen molar-refractivity contribution in [1.29, 1.82) is 0 Å². The lowest BCUT2D eigenvalue weighted by Crippen LogP contribution is -2.45. The number of benzene rings is 1. The lowest BCUT2D eigenvalue weighted by Gasteiger charge is -2.31. The summed E-state index contributed by atoms with van der Waals surface area (Å²) >= 11 is 6.00. The predicted octanol–water partition coefficient (Wildman–Crippen LogP) is 2.92. The molecule has 0 radical (unpaired) electrons. The van der Waals surface area contributed by atoms with Crippen LogP contribution in [0.25, 0.3) is 11.1 Å². The van der Waals surface area contributed by atoms with E-state index < -0.39 is 0 Å². The minimum atomic E-state index is -0.0805. The third kappa shape index (κ3) is 3.26. The van der Waals surface area contributed by atoms with Crippen LogP contribution in [0.4, 0.5) is 6.01 Å². The number of amides is 1. The molecule has 3 heterocycles. The Morgan fingerprint density at radius 1 is 1.31 bits per heavy atom. The van der Waals surface area contributed by atoms with Gasteiger partial charge >= 0.3 is 0 Å². The third-order valence-electron chi connectivity index (χ3n) is 4.67. The molecule has 2 aromatic heterocycles. The predicted molar refractivity (Wildman–Crippen MR) is 99.7 cm³/mol. The first-order valence-corrected chi connectivity index (χ1v) is 9.00. The van der Waals surface area contributed by atoms with E-state index in [1.165, 1.54) is 0 Å². The molecule has 136 valence electrons. The zero-order valence-corrected chi connectivity index (χ0v) is 15.5. The highest BCUT2D eigenvalue weighted by Crippen LogP contribution is 2.26. The van der Waals surface area contributed by atoms with Crippen molar-refractivity contribution >= 4 is 34.6 Å². The van der Waals surface area contributed by atoms with Gasteiger partial charge in [-0.2, -0.15) is 10.1 Å². The summed E-state index contributed by atoms with van der Waals surface area (Å²) in [4.78, 5) is 19.0. The first kappa shape index (κ1) is 16.9. The summed E-state index contributed by atoms with van der Waals surface area (Å²) < 4.78 is 7.44. The van der Waals surface area contributed by atoms with Crippen LogP contribution in [0.1, 0.15) is 29.0 Å². The lowest BCUT2D eigenvalue weighted by atomic mass is 10.1. The van der Waals surface area contributed by atoms with Crippen LogP contribution in [0, 0.1) is 6.92 Å². The van der Waals surface area contributed by atoms with Crippen molar-refractivity contribution in [3.05, 3.63) is 40.7 Å². The maximum Gasteiger partial charge on any atom is 0.298 e. The number of aromatic nitrogens is 3. The summed E-state index contributed by atoms with van der Waals surface area (Å²) in [7, 11) is 1.78. The molecule has 7 nitrogen and oxygen atoms in total. The maximum absolute atomic E-state index is 12.4. The van der Waals surface area contributed by atoms with Gasteiger partial charge in [-0.25, -0.2) is 0 Å². The van der Waals surface area contributed by atoms with Crippen molar-refractivity contribution in [1.82, 2.24) is 20.1 Å². The molecule has 1 saturated heterocycles. The topological polar surface area (TPSA) is 76.2 Å². The van der Waals surface area contributed by atoms with Gasteiger partial charge in [-0.1, -0.05) is 11.6 Å². The van der Waals surface area contributed by atoms with E-state index in [-0.39, 0.29) is 11.9 Å². The highest BCUT2D eigenvalue weighted by molar-refractivity contribution is 6.31. The number of hydrogen-bond acceptors (Lipinski definition) is 5. The largest absolute Gasteiger partial charge is 0.423 e. The zero-order chi connectivity index (χ0) is 18.3. The number of aryl methyl sites for hydroxylation is 2. The van der Waals surface area contributed by atoms with Gasteiger partial charge in [0.25, 0.3) is 11.9 Å². The molecule has 1 amide bonds. The standard InChI is InChI=1S/C18H20ClN5O2/c1-11-9-15(23(2)22-11)17(25)20-13-5-7-24(8-6-13)18-21-14-10-12(19)3-4-16(14)26-18/h3-4,9-10,13H,5-8H2,1-2H3,(H,20,25). The van der Waals surface area contributed by atoms with E-state index in [1.807, 2.05) is 13.0 Å². The average Bonchev–Trinajstić information content (AvgIpc) is 3.17. The molecule has 1 N–H and O–H groups in total. The monoisotopic (exact) mass is 373 g/mol. The quantitative estimate of drug-likeness (QED) is 0.763. The summed E-state index contributed by atoms with van der Waals surface area (Å²) in [6.45, 7) is 3.43. The smallest absolute Gasteiger partial charge is 0.298 e. The third-order valence-corrected chi connectivity index (χ3v) is 4.91. The molecule has 0 bridgehead atoms. The van der Waals surface area contributed by atoms with Crippen LogP contribution in [-0.2, 0) is 7.05 Å². The molecule has 1 fully saturated rings. The van der Waals surface area contributed by atoms with Crippen molar-refractivity contribution in [2.45, 2.75) is 25.8 Å². The van der Waals surface area contributed by atoms with Gasteiger partial charge in [-0.05, 0) is 44.0 Å². The molecule has 0 aliphatic carbocycles. The van der Waals surface area contributed by atoms with Crippen LogP contribution in [0.15, 0.2) is 28.7 Å². The highest BCUT2D eigenvalue weighted by atomic mass is 35.5. The molecule has 1 aromatic carbocycles. The second kappa shape index (κ2) is 6.64. The molecular formula is C18H20ClN5O2. The fourth-order valence-electron chi connectivity index (χ4n) is 3.32. The number of anilines is 1. The van der Waals surface area contributed by atoms with E-state index in [0.717, 1.165) is 42.7 Å². The van der Waals surface area contributed by atoms with E-state index >= 15 is 0 Å². The summed E-state index contributed by atoms with van der Waals surface area (Å²) in [6.07, 6.45) is 1.67. The van der Waals surface area contributed by atoms with Crippen molar-refractivity contribution < 1.29 is 9.21 Å². The van der Waals surface area contributed by atoms with Crippen LogP contribution < -0.4 is 10.2 Å². The number of oxazole rings is 1. The van der Waals surface area contributed by atoms with E-state index in [0.29, 0.717) is 16.7 Å². The minimum absolute atomic E-state index is 0.0805. The van der Waals surface area contributed by atoms with Gasteiger partial charge in [0.2, 0.25) is 0 Å². The fraction of sp³-hybridized carbons (Fsp3) is 0.389.